The summed E-state index contributed by atoms with van der Waals surface area (Å²) in [6.07, 6.45) is 6.15. The summed E-state index contributed by atoms with van der Waals surface area (Å²) in [7, 11) is 0. The van der Waals surface area contributed by atoms with Gasteiger partial charge in [-0.2, -0.15) is 0 Å². The second-order valence-corrected chi connectivity index (χ2v) is 4.36. The van der Waals surface area contributed by atoms with E-state index in [1.54, 1.807) is 0 Å². The van der Waals surface area contributed by atoms with Crippen molar-refractivity contribution in [3.63, 3.8) is 0 Å². The Morgan fingerprint density at radius 2 is 2.13 bits per heavy atom. The average Bonchev–Trinajstić information content (AvgIpc) is 2.61. The zero-order valence-electron chi connectivity index (χ0n) is 9.20. The monoisotopic (exact) mass is 233 g/mol. The van der Waals surface area contributed by atoms with Gasteiger partial charge in [-0.3, -0.25) is 4.79 Å². The molecule has 0 aromatic heterocycles. The van der Waals surface area contributed by atoms with E-state index in [0.717, 1.165) is 12.3 Å². The lowest BCUT2D eigenvalue weighted by molar-refractivity contribution is -0.145. The summed E-state index contributed by atoms with van der Waals surface area (Å²) in [5, 5.41) is 3.40. The molecule has 1 saturated heterocycles. The van der Waals surface area contributed by atoms with Crippen LogP contribution >= 0.6 is 12.4 Å². The lowest BCUT2D eigenvalue weighted by Crippen LogP contribution is -2.38. The van der Waals surface area contributed by atoms with Crippen molar-refractivity contribution in [3.05, 3.63) is 0 Å². The molecule has 1 heterocycles. The topological polar surface area (TPSA) is 38.3 Å². The van der Waals surface area contributed by atoms with Crippen molar-refractivity contribution in [2.75, 3.05) is 6.61 Å². The Kier molecular flexibility index (Phi) is 4.87. The number of ether oxygens (including phenoxy) is 1. The third-order valence-electron chi connectivity index (χ3n) is 3.43. The Bertz CT molecular complexity index is 209. The minimum atomic E-state index is -0.0538. The number of hydrogen-bond acceptors (Lipinski definition) is 3. The van der Waals surface area contributed by atoms with Crippen LogP contribution in [0.4, 0.5) is 0 Å². The molecule has 4 heteroatoms. The number of rotatable bonds is 2. The van der Waals surface area contributed by atoms with Gasteiger partial charge in [0.1, 0.15) is 6.04 Å². The van der Waals surface area contributed by atoms with Crippen LogP contribution in [0.2, 0.25) is 0 Å². The fraction of sp³-hybridized carbons (Fsp3) is 0.909. The molecule has 0 aromatic carbocycles. The summed E-state index contributed by atoms with van der Waals surface area (Å²) in [6, 6.07) is 0.557. The van der Waals surface area contributed by atoms with Gasteiger partial charge in [0.25, 0.3) is 0 Å². The van der Waals surface area contributed by atoms with E-state index in [1.165, 1.54) is 25.7 Å². The number of nitrogens with one attached hydrogen (secondary N) is 1. The number of esters is 1. The Balaban J connectivity index is 0.00000112. The van der Waals surface area contributed by atoms with Gasteiger partial charge in [0.05, 0.1) is 6.61 Å². The van der Waals surface area contributed by atoms with Gasteiger partial charge in [-0.25, -0.2) is 0 Å². The van der Waals surface area contributed by atoms with Crippen LogP contribution in [0.25, 0.3) is 0 Å². The molecule has 0 bridgehead atoms. The minimum absolute atomic E-state index is 0. The average molecular weight is 234 g/mol. The molecule has 1 aliphatic carbocycles. The molecule has 0 aromatic rings. The van der Waals surface area contributed by atoms with Gasteiger partial charge in [-0.05, 0) is 32.1 Å². The van der Waals surface area contributed by atoms with Gasteiger partial charge in [-0.1, -0.05) is 12.8 Å². The number of fused-ring (bicyclic) bond motifs is 1. The van der Waals surface area contributed by atoms with E-state index < -0.39 is 0 Å². The lowest BCUT2D eigenvalue weighted by Gasteiger charge is -2.24. The molecule has 2 aliphatic rings. The summed E-state index contributed by atoms with van der Waals surface area (Å²) >= 11 is 0. The summed E-state index contributed by atoms with van der Waals surface area (Å²) < 4.78 is 5.03. The van der Waals surface area contributed by atoms with Crippen molar-refractivity contribution in [1.29, 1.82) is 0 Å². The largest absolute Gasteiger partial charge is 0.465 e. The van der Waals surface area contributed by atoms with E-state index in [0.29, 0.717) is 12.6 Å². The van der Waals surface area contributed by atoms with Gasteiger partial charge in [0.15, 0.2) is 0 Å². The molecule has 2 fully saturated rings. The second-order valence-electron chi connectivity index (χ2n) is 4.36. The molecule has 15 heavy (non-hydrogen) atoms. The Hall–Kier alpha value is -0.280. The highest BCUT2D eigenvalue weighted by Gasteiger charge is 2.38. The maximum absolute atomic E-state index is 11.5. The van der Waals surface area contributed by atoms with Crippen LogP contribution in [0, 0.1) is 5.92 Å². The van der Waals surface area contributed by atoms with Crippen LogP contribution in [-0.4, -0.2) is 24.7 Å². The van der Waals surface area contributed by atoms with E-state index in [-0.39, 0.29) is 24.4 Å². The van der Waals surface area contributed by atoms with E-state index in [4.69, 9.17) is 4.74 Å². The number of halogens is 1. The molecule has 88 valence electrons. The molecule has 1 N–H and O–H groups in total. The molecule has 2 rings (SSSR count). The van der Waals surface area contributed by atoms with Gasteiger partial charge in [0.2, 0.25) is 0 Å². The molecule has 0 radical (unpaired) electrons. The number of carbonyl (C=O) groups is 1. The fourth-order valence-corrected chi connectivity index (χ4v) is 2.75. The Morgan fingerprint density at radius 3 is 2.80 bits per heavy atom. The van der Waals surface area contributed by atoms with Crippen LogP contribution < -0.4 is 5.32 Å². The van der Waals surface area contributed by atoms with Gasteiger partial charge < -0.3 is 10.1 Å². The second kappa shape index (κ2) is 5.71. The first-order valence-electron chi connectivity index (χ1n) is 5.74. The van der Waals surface area contributed by atoms with E-state index in [9.17, 15) is 4.79 Å². The van der Waals surface area contributed by atoms with Crippen molar-refractivity contribution < 1.29 is 9.53 Å². The highest BCUT2D eigenvalue weighted by molar-refractivity contribution is 5.85. The van der Waals surface area contributed by atoms with Crippen molar-refractivity contribution in [1.82, 2.24) is 5.32 Å². The van der Waals surface area contributed by atoms with Crippen molar-refractivity contribution in [2.45, 2.75) is 51.1 Å². The molecule has 1 saturated carbocycles. The van der Waals surface area contributed by atoms with E-state index in [1.807, 2.05) is 6.92 Å². The third kappa shape index (κ3) is 2.85. The first kappa shape index (κ1) is 12.8. The fourth-order valence-electron chi connectivity index (χ4n) is 2.75. The molecular weight excluding hydrogens is 214 g/mol. The quantitative estimate of drug-likeness (QED) is 0.741. The predicted molar refractivity (Wildman–Crippen MR) is 61.2 cm³/mol. The predicted octanol–water partition coefficient (Wildman–Crippen LogP) is 1.89. The van der Waals surface area contributed by atoms with Crippen LogP contribution in [-0.2, 0) is 9.53 Å². The lowest BCUT2D eigenvalue weighted by atomic mass is 9.85. The molecule has 0 spiro atoms. The van der Waals surface area contributed by atoms with Crippen molar-refractivity contribution in [2.24, 2.45) is 5.92 Å². The SMILES string of the molecule is CCOC(=O)[C@@H]1C[C@@H]2CCCC[C@@H]2N1.Cl. The molecule has 0 amide bonds. The summed E-state index contributed by atoms with van der Waals surface area (Å²) in [5.41, 5.74) is 0. The van der Waals surface area contributed by atoms with E-state index in [2.05, 4.69) is 5.32 Å². The summed E-state index contributed by atoms with van der Waals surface area (Å²) in [6.45, 7) is 2.35. The highest BCUT2D eigenvalue weighted by Crippen LogP contribution is 2.33. The van der Waals surface area contributed by atoms with Gasteiger partial charge in [0, 0.05) is 6.04 Å². The Morgan fingerprint density at radius 1 is 1.40 bits per heavy atom. The van der Waals surface area contributed by atoms with Crippen molar-refractivity contribution in [3.8, 4) is 0 Å². The molecule has 0 unspecified atom stereocenters. The van der Waals surface area contributed by atoms with Crippen LogP contribution in [0.15, 0.2) is 0 Å². The first-order chi connectivity index (χ1) is 6.81. The van der Waals surface area contributed by atoms with Crippen LogP contribution in [0.5, 0.6) is 0 Å². The van der Waals surface area contributed by atoms with E-state index >= 15 is 0 Å². The minimum Gasteiger partial charge on any atom is -0.465 e. The van der Waals surface area contributed by atoms with Crippen molar-refractivity contribution >= 4 is 18.4 Å². The maximum atomic E-state index is 11.5. The number of carbonyl (C=O) groups excluding carboxylic acids is 1. The summed E-state index contributed by atoms with van der Waals surface area (Å²) in [5.74, 6) is 0.667. The zero-order valence-corrected chi connectivity index (χ0v) is 10.0. The molecule has 3 nitrogen and oxygen atoms in total. The molecular formula is C11H20ClNO2. The molecule has 1 aliphatic heterocycles. The highest BCUT2D eigenvalue weighted by atomic mass is 35.5. The Labute approximate surface area is 97.4 Å². The first-order valence-corrected chi connectivity index (χ1v) is 5.74. The molecule has 3 atom stereocenters. The van der Waals surface area contributed by atoms with Crippen LogP contribution in [0.1, 0.15) is 39.0 Å². The van der Waals surface area contributed by atoms with Gasteiger partial charge in [-0.15, -0.1) is 12.4 Å². The summed E-state index contributed by atoms with van der Waals surface area (Å²) in [4.78, 5) is 11.5. The standard InChI is InChI=1S/C11H19NO2.ClH/c1-2-14-11(13)10-7-8-5-3-4-6-9(8)12-10;/h8-10,12H,2-7H2,1H3;1H/t8-,9-,10-;/m0./s1. The number of hydrogen-bond donors (Lipinski definition) is 1. The smallest absolute Gasteiger partial charge is 0.323 e. The van der Waals surface area contributed by atoms with Gasteiger partial charge >= 0.3 is 5.97 Å². The zero-order chi connectivity index (χ0) is 9.97. The maximum Gasteiger partial charge on any atom is 0.323 e. The third-order valence-corrected chi connectivity index (χ3v) is 3.43. The normalized spacial score (nSPS) is 34.1. The van der Waals surface area contributed by atoms with Crippen LogP contribution in [0.3, 0.4) is 0 Å².